The third kappa shape index (κ3) is 3.69. The molecular formula is C37H31NO3S. The van der Waals surface area contributed by atoms with E-state index in [1.165, 1.54) is 43.8 Å². The van der Waals surface area contributed by atoms with E-state index in [0.717, 1.165) is 52.5 Å². The van der Waals surface area contributed by atoms with Gasteiger partial charge in [0.1, 0.15) is 17.2 Å². The number of fused-ring (bicyclic) bond motifs is 9. The van der Waals surface area contributed by atoms with Gasteiger partial charge in [-0.25, -0.2) is 0 Å². The number of benzene rings is 5. The average molecular weight is 570 g/mol. The van der Waals surface area contributed by atoms with Crippen LogP contribution in [0, 0.1) is 0 Å². The Morgan fingerprint density at radius 3 is 2.19 bits per heavy atom. The highest BCUT2D eigenvalue weighted by Crippen LogP contribution is 2.54. The van der Waals surface area contributed by atoms with E-state index in [1.807, 2.05) is 36.0 Å². The number of anilines is 1. The molecule has 3 aliphatic rings. The lowest BCUT2D eigenvalue weighted by Crippen LogP contribution is -2.34. The van der Waals surface area contributed by atoms with E-state index in [2.05, 4.69) is 84.8 Å². The second-order valence-corrected chi connectivity index (χ2v) is 12.2. The Balaban J connectivity index is 1.42. The fraction of sp³-hybridized carbons (Fsp3) is 0.189. The molecule has 0 saturated heterocycles. The van der Waals surface area contributed by atoms with Crippen LogP contribution in [0.15, 0.2) is 95.9 Å². The van der Waals surface area contributed by atoms with Crippen molar-refractivity contribution in [3.63, 3.8) is 0 Å². The van der Waals surface area contributed by atoms with Crippen LogP contribution in [0.1, 0.15) is 27.8 Å². The van der Waals surface area contributed by atoms with Crippen LogP contribution in [0.5, 0.6) is 17.2 Å². The van der Waals surface area contributed by atoms with Gasteiger partial charge in [0, 0.05) is 34.0 Å². The van der Waals surface area contributed by atoms with Crippen molar-refractivity contribution in [2.75, 3.05) is 32.0 Å². The average Bonchev–Trinajstić information content (AvgIpc) is 3.42. The van der Waals surface area contributed by atoms with Crippen LogP contribution in [0.25, 0.3) is 28.0 Å². The second-order valence-electron chi connectivity index (χ2n) is 11.2. The molecule has 2 heterocycles. The van der Waals surface area contributed by atoms with E-state index in [9.17, 15) is 0 Å². The number of ether oxygens (including phenoxy) is 3. The molecule has 208 valence electrons. The summed E-state index contributed by atoms with van der Waals surface area (Å²) in [6, 6.07) is 30.1. The monoisotopic (exact) mass is 569 g/mol. The van der Waals surface area contributed by atoms with E-state index in [4.69, 9.17) is 14.2 Å². The predicted molar refractivity (Wildman–Crippen MR) is 172 cm³/mol. The van der Waals surface area contributed by atoms with E-state index in [1.54, 1.807) is 14.2 Å². The molecule has 0 unspecified atom stereocenters. The normalized spacial score (nSPS) is 15.8. The first-order valence-corrected chi connectivity index (χ1v) is 15.3. The topological polar surface area (TPSA) is 30.9 Å². The van der Waals surface area contributed by atoms with Crippen molar-refractivity contribution in [1.82, 2.24) is 0 Å². The maximum atomic E-state index is 7.41. The lowest BCUT2D eigenvalue weighted by Gasteiger charge is -2.38. The largest absolute Gasteiger partial charge is 0.497 e. The maximum absolute atomic E-state index is 7.41. The molecule has 0 spiro atoms. The molecule has 0 radical (unpaired) electrons. The molecular weight excluding hydrogens is 538 g/mol. The molecule has 8 rings (SSSR count). The quantitative estimate of drug-likeness (QED) is 0.217. The molecule has 5 aromatic rings. The summed E-state index contributed by atoms with van der Waals surface area (Å²) in [5, 5.41) is 2.43. The third-order valence-electron chi connectivity index (χ3n) is 9.03. The van der Waals surface area contributed by atoms with Gasteiger partial charge < -0.3 is 19.1 Å². The Morgan fingerprint density at radius 2 is 1.50 bits per heavy atom. The number of aryl methyl sites for hydroxylation is 1. The SMILES string of the molecule is COc1ccc(C2(c3ccc(OC)cc3)C=Cc3c4c(c5cc6c(cc5c3O2)N(C)CS6)-c2ccccc2CC4)cc1. The molecule has 5 heteroatoms. The number of methoxy groups -OCH3 is 2. The van der Waals surface area contributed by atoms with Crippen LogP contribution in [0.2, 0.25) is 0 Å². The van der Waals surface area contributed by atoms with Crippen LogP contribution in [0.4, 0.5) is 5.69 Å². The minimum absolute atomic E-state index is 0.818. The summed E-state index contributed by atoms with van der Waals surface area (Å²) in [6.07, 6.45) is 6.56. The zero-order valence-corrected chi connectivity index (χ0v) is 24.8. The van der Waals surface area contributed by atoms with Crippen LogP contribution < -0.4 is 19.1 Å². The van der Waals surface area contributed by atoms with Crippen molar-refractivity contribution in [3.05, 3.63) is 119 Å². The number of hydrogen-bond donors (Lipinski definition) is 0. The lowest BCUT2D eigenvalue weighted by molar-refractivity contribution is 0.163. The highest BCUT2D eigenvalue weighted by atomic mass is 32.2. The minimum atomic E-state index is -0.820. The minimum Gasteiger partial charge on any atom is -0.497 e. The Kier molecular flexibility index (Phi) is 5.80. The van der Waals surface area contributed by atoms with Gasteiger partial charge in [-0.3, -0.25) is 0 Å². The molecule has 0 atom stereocenters. The predicted octanol–water partition coefficient (Wildman–Crippen LogP) is 8.47. The molecule has 0 amide bonds. The third-order valence-corrected chi connectivity index (χ3v) is 10.2. The fourth-order valence-corrected chi connectivity index (χ4v) is 7.87. The van der Waals surface area contributed by atoms with Crippen molar-refractivity contribution in [3.8, 4) is 28.4 Å². The first-order valence-electron chi connectivity index (χ1n) is 14.4. The number of nitrogens with zero attached hydrogens (tertiary/aromatic N) is 1. The first kappa shape index (κ1) is 25.4. The number of rotatable bonds is 4. The van der Waals surface area contributed by atoms with Gasteiger partial charge >= 0.3 is 0 Å². The second kappa shape index (κ2) is 9.60. The van der Waals surface area contributed by atoms with Crippen LogP contribution >= 0.6 is 11.8 Å². The Labute approximate surface area is 250 Å². The molecule has 1 aliphatic carbocycles. The van der Waals surface area contributed by atoms with E-state index in [0.29, 0.717) is 0 Å². The van der Waals surface area contributed by atoms with Gasteiger partial charge in [0.05, 0.1) is 25.8 Å². The van der Waals surface area contributed by atoms with Crippen molar-refractivity contribution in [2.45, 2.75) is 23.3 Å². The summed E-state index contributed by atoms with van der Waals surface area (Å²) in [6.45, 7) is 0. The highest BCUT2D eigenvalue weighted by molar-refractivity contribution is 7.99. The molecule has 4 nitrogen and oxygen atoms in total. The molecule has 0 N–H and O–H groups in total. The smallest absolute Gasteiger partial charge is 0.178 e. The first-order chi connectivity index (χ1) is 20.6. The van der Waals surface area contributed by atoms with Gasteiger partial charge in [0.25, 0.3) is 0 Å². The van der Waals surface area contributed by atoms with Crippen molar-refractivity contribution < 1.29 is 14.2 Å². The number of thioether (sulfide) groups is 1. The standard InChI is InChI=1S/C37H31NO3S/c1-38-22-42-34-21-31-32(20-33(34)38)36-30(29-17-8-23-6-4-5-7-28(23)35(29)31)18-19-37(41-36,24-9-13-26(39-2)14-10-24)25-11-15-27(40-3)16-12-25/h4-7,9-16,18-21H,8,17,22H2,1-3H3. The van der Waals surface area contributed by atoms with Crippen molar-refractivity contribution >= 4 is 34.3 Å². The van der Waals surface area contributed by atoms with Gasteiger partial charge in [-0.05, 0) is 83.0 Å². The van der Waals surface area contributed by atoms with Gasteiger partial charge in [-0.2, -0.15) is 0 Å². The molecule has 0 bridgehead atoms. The van der Waals surface area contributed by atoms with Crippen molar-refractivity contribution in [2.24, 2.45) is 0 Å². The van der Waals surface area contributed by atoms with Gasteiger partial charge in [0.2, 0.25) is 0 Å². The Bertz CT molecular complexity index is 1850. The highest BCUT2D eigenvalue weighted by Gasteiger charge is 2.40. The van der Waals surface area contributed by atoms with Crippen LogP contribution in [0.3, 0.4) is 0 Å². The number of hydrogen-bond acceptors (Lipinski definition) is 5. The van der Waals surface area contributed by atoms with Gasteiger partial charge in [0.15, 0.2) is 5.60 Å². The van der Waals surface area contributed by atoms with Gasteiger partial charge in [-0.1, -0.05) is 54.6 Å². The van der Waals surface area contributed by atoms with Crippen LogP contribution in [-0.4, -0.2) is 27.1 Å². The summed E-state index contributed by atoms with van der Waals surface area (Å²) in [5.74, 6) is 3.54. The zero-order valence-electron chi connectivity index (χ0n) is 23.9. The lowest BCUT2D eigenvalue weighted by atomic mass is 9.77. The van der Waals surface area contributed by atoms with Crippen molar-refractivity contribution in [1.29, 1.82) is 0 Å². The summed E-state index contributed by atoms with van der Waals surface area (Å²) in [5.41, 5.74) is 9.22. The zero-order chi connectivity index (χ0) is 28.4. The Hall–Kier alpha value is -4.35. The Morgan fingerprint density at radius 1 is 0.810 bits per heavy atom. The molecule has 0 saturated carbocycles. The summed E-state index contributed by atoms with van der Waals surface area (Å²) in [4.78, 5) is 3.66. The summed E-state index contributed by atoms with van der Waals surface area (Å²) >= 11 is 1.91. The van der Waals surface area contributed by atoms with E-state index < -0.39 is 5.60 Å². The fourth-order valence-electron chi connectivity index (χ4n) is 6.84. The summed E-state index contributed by atoms with van der Waals surface area (Å²) in [7, 11) is 5.57. The summed E-state index contributed by atoms with van der Waals surface area (Å²) < 4.78 is 18.4. The van der Waals surface area contributed by atoms with Crippen LogP contribution in [-0.2, 0) is 18.4 Å². The molecule has 2 aliphatic heterocycles. The van der Waals surface area contributed by atoms with Gasteiger partial charge in [-0.15, -0.1) is 11.8 Å². The van der Waals surface area contributed by atoms with E-state index >= 15 is 0 Å². The molecule has 5 aromatic carbocycles. The molecule has 0 aromatic heterocycles. The maximum Gasteiger partial charge on any atom is 0.178 e. The molecule has 42 heavy (non-hydrogen) atoms. The van der Waals surface area contributed by atoms with E-state index in [-0.39, 0.29) is 0 Å². The molecule has 0 fully saturated rings.